The van der Waals surface area contributed by atoms with Gasteiger partial charge in [0.2, 0.25) is 11.8 Å². The van der Waals surface area contributed by atoms with Gasteiger partial charge in [0.25, 0.3) is 0 Å². The molecule has 2 aromatic carbocycles. The van der Waals surface area contributed by atoms with Crippen LogP contribution in [0.5, 0.6) is 5.75 Å². The molecule has 1 aromatic heterocycles. The fourth-order valence-corrected chi connectivity index (χ4v) is 2.71. The maximum atomic E-state index is 5.86. The SMILES string of the molecule is Cc1c(COc2ccccc2)cccc1NCc1nnc(C2CC2)o1. The summed E-state index contributed by atoms with van der Waals surface area (Å²) in [6, 6.07) is 16.0. The van der Waals surface area contributed by atoms with Crippen LogP contribution in [0.2, 0.25) is 0 Å². The first-order valence-electron chi connectivity index (χ1n) is 8.62. The van der Waals surface area contributed by atoms with Gasteiger partial charge in [-0.3, -0.25) is 0 Å². The van der Waals surface area contributed by atoms with Crippen molar-refractivity contribution in [3.05, 3.63) is 71.4 Å². The number of benzene rings is 2. The third-order valence-corrected chi connectivity index (χ3v) is 4.42. The summed E-state index contributed by atoms with van der Waals surface area (Å²) in [5.41, 5.74) is 3.37. The highest BCUT2D eigenvalue weighted by Gasteiger charge is 2.29. The maximum absolute atomic E-state index is 5.86. The normalized spacial score (nSPS) is 13.6. The van der Waals surface area contributed by atoms with Gasteiger partial charge in [0.05, 0.1) is 6.54 Å². The topological polar surface area (TPSA) is 60.2 Å². The van der Waals surface area contributed by atoms with E-state index in [2.05, 4.69) is 34.6 Å². The van der Waals surface area contributed by atoms with E-state index in [0.717, 1.165) is 35.7 Å². The molecule has 0 amide bonds. The molecular formula is C20H21N3O2. The Labute approximate surface area is 147 Å². The second-order valence-corrected chi connectivity index (χ2v) is 6.35. The summed E-state index contributed by atoms with van der Waals surface area (Å²) < 4.78 is 11.6. The molecule has 128 valence electrons. The average Bonchev–Trinajstić information content (AvgIpc) is 3.39. The fourth-order valence-electron chi connectivity index (χ4n) is 2.71. The number of hydrogen-bond donors (Lipinski definition) is 1. The van der Waals surface area contributed by atoms with Crippen LogP contribution in [-0.4, -0.2) is 10.2 Å². The molecule has 0 saturated heterocycles. The smallest absolute Gasteiger partial charge is 0.235 e. The largest absolute Gasteiger partial charge is 0.489 e. The minimum absolute atomic E-state index is 0.487. The van der Waals surface area contributed by atoms with Crippen LogP contribution in [-0.2, 0) is 13.2 Å². The summed E-state index contributed by atoms with van der Waals surface area (Å²) in [4.78, 5) is 0. The first kappa shape index (κ1) is 15.7. The standard InChI is InChI=1S/C20H21N3O2/c1-14-16(13-24-17-7-3-2-4-8-17)6-5-9-18(14)21-12-19-22-23-20(25-19)15-10-11-15/h2-9,15,21H,10-13H2,1H3. The van der Waals surface area contributed by atoms with Crippen molar-refractivity contribution in [2.75, 3.05) is 5.32 Å². The van der Waals surface area contributed by atoms with Gasteiger partial charge in [0.1, 0.15) is 12.4 Å². The monoisotopic (exact) mass is 335 g/mol. The molecule has 0 bridgehead atoms. The van der Waals surface area contributed by atoms with E-state index in [1.165, 1.54) is 5.56 Å². The number of aromatic nitrogens is 2. The van der Waals surface area contributed by atoms with E-state index in [0.29, 0.717) is 25.0 Å². The van der Waals surface area contributed by atoms with Gasteiger partial charge in [-0.25, -0.2) is 0 Å². The summed E-state index contributed by atoms with van der Waals surface area (Å²) >= 11 is 0. The molecule has 25 heavy (non-hydrogen) atoms. The van der Waals surface area contributed by atoms with E-state index in [-0.39, 0.29) is 0 Å². The molecule has 0 atom stereocenters. The second kappa shape index (κ2) is 6.97. The minimum atomic E-state index is 0.487. The summed E-state index contributed by atoms with van der Waals surface area (Å²) in [7, 11) is 0. The van der Waals surface area contributed by atoms with Gasteiger partial charge < -0.3 is 14.5 Å². The lowest BCUT2D eigenvalue weighted by Crippen LogP contribution is -2.04. The number of nitrogens with one attached hydrogen (secondary N) is 1. The van der Waals surface area contributed by atoms with Crippen molar-refractivity contribution < 1.29 is 9.15 Å². The number of rotatable bonds is 7. The Hall–Kier alpha value is -2.82. The van der Waals surface area contributed by atoms with E-state index in [9.17, 15) is 0 Å². The molecule has 1 fully saturated rings. The molecule has 0 radical (unpaired) electrons. The average molecular weight is 335 g/mol. The zero-order chi connectivity index (χ0) is 17.1. The van der Waals surface area contributed by atoms with Gasteiger partial charge in [0.15, 0.2) is 0 Å². The molecule has 3 aromatic rings. The lowest BCUT2D eigenvalue weighted by atomic mass is 10.1. The maximum Gasteiger partial charge on any atom is 0.235 e. The lowest BCUT2D eigenvalue weighted by molar-refractivity contribution is 0.305. The van der Waals surface area contributed by atoms with E-state index < -0.39 is 0 Å². The van der Waals surface area contributed by atoms with Crippen molar-refractivity contribution in [1.82, 2.24) is 10.2 Å². The predicted octanol–water partition coefficient (Wildman–Crippen LogP) is 4.45. The van der Waals surface area contributed by atoms with Crippen LogP contribution in [0.1, 0.15) is 41.7 Å². The summed E-state index contributed by atoms with van der Waals surface area (Å²) in [6.45, 7) is 3.16. The zero-order valence-electron chi connectivity index (χ0n) is 14.2. The zero-order valence-corrected chi connectivity index (χ0v) is 14.2. The third kappa shape index (κ3) is 3.82. The number of ether oxygens (including phenoxy) is 1. The van der Waals surface area contributed by atoms with E-state index in [4.69, 9.17) is 9.15 Å². The first-order chi connectivity index (χ1) is 12.3. The van der Waals surface area contributed by atoms with Gasteiger partial charge in [-0.1, -0.05) is 30.3 Å². The molecule has 0 unspecified atom stereocenters. The van der Waals surface area contributed by atoms with Crippen molar-refractivity contribution >= 4 is 5.69 Å². The summed E-state index contributed by atoms with van der Waals surface area (Å²) in [6.07, 6.45) is 2.33. The van der Waals surface area contributed by atoms with Crippen LogP contribution in [0.25, 0.3) is 0 Å². The van der Waals surface area contributed by atoms with E-state index in [1.54, 1.807) is 0 Å². The highest BCUT2D eigenvalue weighted by atomic mass is 16.5. The van der Waals surface area contributed by atoms with Crippen LogP contribution in [0, 0.1) is 6.92 Å². The quantitative estimate of drug-likeness (QED) is 0.691. The second-order valence-electron chi connectivity index (χ2n) is 6.35. The Kier molecular flexibility index (Phi) is 4.37. The minimum Gasteiger partial charge on any atom is -0.489 e. The molecule has 0 aliphatic heterocycles. The van der Waals surface area contributed by atoms with Crippen molar-refractivity contribution in [2.45, 2.75) is 38.8 Å². The Morgan fingerprint density at radius 1 is 1.08 bits per heavy atom. The van der Waals surface area contributed by atoms with Crippen LogP contribution in [0.4, 0.5) is 5.69 Å². The first-order valence-corrected chi connectivity index (χ1v) is 8.62. The van der Waals surface area contributed by atoms with Crippen LogP contribution >= 0.6 is 0 Å². The van der Waals surface area contributed by atoms with Gasteiger partial charge in [-0.2, -0.15) is 0 Å². The summed E-state index contributed by atoms with van der Waals surface area (Å²) in [5, 5.41) is 11.6. The molecule has 1 aliphatic rings. The highest BCUT2D eigenvalue weighted by molar-refractivity contribution is 5.54. The predicted molar refractivity (Wildman–Crippen MR) is 95.6 cm³/mol. The molecule has 5 heteroatoms. The van der Waals surface area contributed by atoms with Crippen molar-refractivity contribution in [3.63, 3.8) is 0 Å². The third-order valence-electron chi connectivity index (χ3n) is 4.42. The van der Waals surface area contributed by atoms with Crippen molar-refractivity contribution in [1.29, 1.82) is 0 Å². The Balaban J connectivity index is 1.39. The number of nitrogens with zero attached hydrogens (tertiary/aromatic N) is 2. The Bertz CT molecular complexity index is 841. The highest BCUT2D eigenvalue weighted by Crippen LogP contribution is 2.39. The fraction of sp³-hybridized carbons (Fsp3) is 0.300. The summed E-state index contributed by atoms with van der Waals surface area (Å²) in [5.74, 6) is 2.77. The molecule has 1 N–H and O–H groups in total. The van der Waals surface area contributed by atoms with Gasteiger partial charge in [0, 0.05) is 11.6 Å². The molecule has 0 spiro atoms. The molecule has 4 rings (SSSR count). The molecule has 1 aliphatic carbocycles. The van der Waals surface area contributed by atoms with Gasteiger partial charge in [-0.15, -0.1) is 10.2 Å². The number of para-hydroxylation sites is 1. The lowest BCUT2D eigenvalue weighted by Gasteiger charge is -2.13. The van der Waals surface area contributed by atoms with Crippen LogP contribution in [0.15, 0.2) is 52.9 Å². The Morgan fingerprint density at radius 2 is 1.92 bits per heavy atom. The molecule has 1 heterocycles. The molecular weight excluding hydrogens is 314 g/mol. The number of hydrogen-bond acceptors (Lipinski definition) is 5. The van der Waals surface area contributed by atoms with Crippen LogP contribution in [0.3, 0.4) is 0 Å². The van der Waals surface area contributed by atoms with Gasteiger partial charge in [-0.05, 0) is 49.1 Å². The van der Waals surface area contributed by atoms with Gasteiger partial charge >= 0.3 is 0 Å². The Morgan fingerprint density at radius 3 is 2.72 bits per heavy atom. The molecule has 1 saturated carbocycles. The van der Waals surface area contributed by atoms with E-state index >= 15 is 0 Å². The molecule has 5 nitrogen and oxygen atoms in total. The van der Waals surface area contributed by atoms with E-state index in [1.807, 2.05) is 36.4 Å². The number of anilines is 1. The van der Waals surface area contributed by atoms with Crippen molar-refractivity contribution in [3.8, 4) is 5.75 Å². The van der Waals surface area contributed by atoms with Crippen molar-refractivity contribution in [2.24, 2.45) is 0 Å². The van der Waals surface area contributed by atoms with Crippen LogP contribution < -0.4 is 10.1 Å².